The Labute approximate surface area is 190 Å². The van der Waals surface area contributed by atoms with E-state index in [1.165, 1.54) is 16.3 Å². The predicted octanol–water partition coefficient (Wildman–Crippen LogP) is 2.92. The first-order valence-electron chi connectivity index (χ1n) is 10.7. The van der Waals surface area contributed by atoms with Gasteiger partial charge in [-0.25, -0.2) is 23.5 Å². The van der Waals surface area contributed by atoms with E-state index in [-0.39, 0.29) is 18.9 Å². The lowest BCUT2D eigenvalue weighted by atomic mass is 9.83. The highest BCUT2D eigenvalue weighted by atomic mass is 16.5. The molecule has 8 heteroatoms. The minimum absolute atomic E-state index is 0.0844. The van der Waals surface area contributed by atoms with E-state index in [0.29, 0.717) is 22.7 Å². The van der Waals surface area contributed by atoms with Crippen LogP contribution in [0.3, 0.4) is 0 Å². The fourth-order valence-corrected chi connectivity index (χ4v) is 4.65. The van der Waals surface area contributed by atoms with Gasteiger partial charge in [-0.2, -0.15) is 0 Å². The number of nitrogens with zero attached hydrogens (tertiary/aromatic N) is 3. The number of hydrogen-bond donors (Lipinski definition) is 0. The number of allylic oxidation sites excluding steroid dienone is 1. The summed E-state index contributed by atoms with van der Waals surface area (Å²) in [7, 11) is 0. The lowest BCUT2D eigenvalue weighted by molar-refractivity contribution is 0.101. The maximum absolute atomic E-state index is 13.6. The Balaban J connectivity index is 1.70. The molecule has 3 heterocycles. The smallest absolute Gasteiger partial charge is 0.352 e. The number of hydrogen-bond acceptors (Lipinski definition) is 5. The number of carbonyl (C=O) groups is 1. The van der Waals surface area contributed by atoms with Gasteiger partial charge < -0.3 is 9.47 Å². The van der Waals surface area contributed by atoms with Gasteiger partial charge in [-0.3, -0.25) is 4.79 Å². The molecule has 2 aliphatic heterocycles. The predicted molar refractivity (Wildman–Crippen MR) is 123 cm³/mol. The Bertz CT molecular complexity index is 1420. The first-order chi connectivity index (χ1) is 15.7. The van der Waals surface area contributed by atoms with E-state index >= 15 is 0 Å². The highest BCUT2D eigenvalue weighted by molar-refractivity contribution is 5.94. The SMILES string of the molecule is [CH2]COc1ccc2c(c1)OC(C)(C)C1=CCn3c(=O)n(-c4ccc(C(C)=O)cc4)c(=O)n3C12. The molecule has 0 amide bonds. The second-order valence-corrected chi connectivity index (χ2v) is 8.65. The van der Waals surface area contributed by atoms with Crippen LogP contribution in [0.25, 0.3) is 5.69 Å². The van der Waals surface area contributed by atoms with Crippen LogP contribution in [0.5, 0.6) is 11.5 Å². The summed E-state index contributed by atoms with van der Waals surface area (Å²) < 4.78 is 15.9. The van der Waals surface area contributed by atoms with Crippen LogP contribution < -0.4 is 20.9 Å². The van der Waals surface area contributed by atoms with Crippen molar-refractivity contribution in [1.82, 2.24) is 13.9 Å². The fourth-order valence-electron chi connectivity index (χ4n) is 4.65. The summed E-state index contributed by atoms with van der Waals surface area (Å²) in [5.74, 6) is 1.13. The molecule has 5 rings (SSSR count). The number of Topliss-reactive ketones (excluding diaryl/α,β-unsaturated/α-hetero) is 1. The zero-order valence-electron chi connectivity index (χ0n) is 18.7. The van der Waals surface area contributed by atoms with Crippen LogP contribution in [-0.4, -0.2) is 31.9 Å². The molecule has 1 aromatic heterocycles. The second kappa shape index (κ2) is 7.37. The van der Waals surface area contributed by atoms with Crippen molar-refractivity contribution >= 4 is 5.78 Å². The molecule has 2 aliphatic rings. The lowest BCUT2D eigenvalue weighted by Gasteiger charge is -2.42. The van der Waals surface area contributed by atoms with Crippen LogP contribution in [0.2, 0.25) is 0 Å². The summed E-state index contributed by atoms with van der Waals surface area (Å²) in [5, 5.41) is 0. The Morgan fingerprint density at radius 3 is 2.55 bits per heavy atom. The Morgan fingerprint density at radius 2 is 1.88 bits per heavy atom. The van der Waals surface area contributed by atoms with Gasteiger partial charge in [0.05, 0.1) is 18.8 Å². The molecule has 0 N–H and O–H groups in total. The van der Waals surface area contributed by atoms with Crippen LogP contribution in [0, 0.1) is 6.92 Å². The molecule has 0 aliphatic carbocycles. The van der Waals surface area contributed by atoms with Gasteiger partial charge in [0.15, 0.2) is 5.78 Å². The number of ether oxygens (including phenoxy) is 2. The molecule has 169 valence electrons. The summed E-state index contributed by atoms with van der Waals surface area (Å²) >= 11 is 0. The molecule has 0 saturated heterocycles. The van der Waals surface area contributed by atoms with E-state index in [2.05, 4.69) is 6.92 Å². The van der Waals surface area contributed by atoms with Crippen molar-refractivity contribution in [3.05, 3.63) is 93.1 Å². The minimum atomic E-state index is -0.688. The standard InChI is InChI=1S/C25H24N3O5/c1-5-32-18-10-11-19-21(14-18)33-25(3,4)20-12-13-26-23(30)27(24(31)28(26)22(19)20)17-8-6-16(7-9-17)15(2)29/h6-12,14,22H,1,5,13H2,2-4H3. The van der Waals surface area contributed by atoms with Crippen molar-refractivity contribution in [2.45, 2.75) is 39.0 Å². The molecular weight excluding hydrogens is 422 g/mol. The van der Waals surface area contributed by atoms with Gasteiger partial charge in [0.2, 0.25) is 0 Å². The molecule has 0 saturated carbocycles. The molecular formula is C25H24N3O5. The quantitative estimate of drug-likeness (QED) is 0.455. The van der Waals surface area contributed by atoms with Gasteiger partial charge in [-0.15, -0.1) is 0 Å². The third kappa shape index (κ3) is 3.16. The molecule has 33 heavy (non-hydrogen) atoms. The number of carbonyl (C=O) groups excluding carboxylic acids is 1. The van der Waals surface area contributed by atoms with Gasteiger partial charge >= 0.3 is 11.4 Å². The highest BCUT2D eigenvalue weighted by Gasteiger charge is 2.43. The summed E-state index contributed by atoms with van der Waals surface area (Å²) in [6.45, 7) is 9.60. The number of rotatable bonds is 4. The lowest BCUT2D eigenvalue weighted by Crippen LogP contribution is -2.46. The molecule has 1 atom stereocenters. The van der Waals surface area contributed by atoms with Gasteiger partial charge in [-0.05, 0) is 69.7 Å². The first kappa shape index (κ1) is 21.1. The van der Waals surface area contributed by atoms with E-state index in [4.69, 9.17) is 9.47 Å². The van der Waals surface area contributed by atoms with E-state index < -0.39 is 23.0 Å². The molecule has 8 nitrogen and oxygen atoms in total. The van der Waals surface area contributed by atoms with Crippen LogP contribution >= 0.6 is 0 Å². The zero-order valence-corrected chi connectivity index (χ0v) is 18.7. The minimum Gasteiger partial charge on any atom is -0.493 e. The van der Waals surface area contributed by atoms with Crippen molar-refractivity contribution in [3.63, 3.8) is 0 Å². The van der Waals surface area contributed by atoms with Crippen molar-refractivity contribution in [2.24, 2.45) is 0 Å². The van der Waals surface area contributed by atoms with Gasteiger partial charge in [0, 0.05) is 17.2 Å². The number of benzene rings is 2. The van der Waals surface area contributed by atoms with E-state index in [0.717, 1.165) is 15.7 Å². The van der Waals surface area contributed by atoms with Gasteiger partial charge in [-0.1, -0.05) is 6.08 Å². The largest absolute Gasteiger partial charge is 0.493 e. The van der Waals surface area contributed by atoms with E-state index in [9.17, 15) is 14.4 Å². The molecule has 3 aromatic rings. The van der Waals surface area contributed by atoms with Crippen molar-refractivity contribution in [1.29, 1.82) is 0 Å². The molecule has 0 bridgehead atoms. The summed E-state index contributed by atoms with van der Waals surface area (Å²) in [6, 6.07) is 11.4. The Kier molecular flexibility index (Phi) is 4.70. The van der Waals surface area contributed by atoms with Crippen LogP contribution in [-0.2, 0) is 6.54 Å². The summed E-state index contributed by atoms with van der Waals surface area (Å²) in [4.78, 5) is 38.5. The average molecular weight is 446 g/mol. The monoisotopic (exact) mass is 446 g/mol. The summed E-state index contributed by atoms with van der Waals surface area (Å²) in [6.07, 6.45) is 1.96. The molecule has 1 radical (unpaired) electrons. The molecule has 0 spiro atoms. The highest BCUT2D eigenvalue weighted by Crippen LogP contribution is 2.47. The fraction of sp³-hybridized carbons (Fsp3) is 0.280. The Hall–Kier alpha value is -3.81. The Morgan fingerprint density at radius 1 is 1.15 bits per heavy atom. The molecule has 0 fully saturated rings. The normalized spacial score (nSPS) is 17.8. The second-order valence-electron chi connectivity index (χ2n) is 8.65. The van der Waals surface area contributed by atoms with E-state index in [1.807, 2.05) is 32.1 Å². The van der Waals surface area contributed by atoms with Crippen LogP contribution in [0.15, 0.2) is 63.7 Å². The third-order valence-electron chi connectivity index (χ3n) is 6.22. The maximum Gasteiger partial charge on any atom is 0.352 e. The topological polar surface area (TPSA) is 84.5 Å². The van der Waals surface area contributed by atoms with Crippen LogP contribution in [0.1, 0.15) is 42.7 Å². The van der Waals surface area contributed by atoms with Crippen LogP contribution in [0.4, 0.5) is 0 Å². The first-order valence-corrected chi connectivity index (χ1v) is 10.7. The summed E-state index contributed by atoms with van der Waals surface area (Å²) in [5.41, 5.74) is 1.04. The molecule has 2 aromatic carbocycles. The van der Waals surface area contributed by atoms with Crippen molar-refractivity contribution < 1.29 is 14.3 Å². The average Bonchev–Trinajstić information content (AvgIpc) is 3.03. The third-order valence-corrected chi connectivity index (χ3v) is 6.22. The van der Waals surface area contributed by atoms with Gasteiger partial charge in [0.1, 0.15) is 23.1 Å². The van der Waals surface area contributed by atoms with E-state index in [1.54, 1.807) is 30.3 Å². The number of ketones is 1. The maximum atomic E-state index is 13.6. The molecule has 1 unspecified atom stereocenters. The van der Waals surface area contributed by atoms with Crippen molar-refractivity contribution in [3.8, 4) is 17.2 Å². The number of aromatic nitrogens is 3. The van der Waals surface area contributed by atoms with Gasteiger partial charge in [0.25, 0.3) is 0 Å². The number of fused-ring (bicyclic) bond motifs is 5. The van der Waals surface area contributed by atoms with Crippen molar-refractivity contribution in [2.75, 3.05) is 6.61 Å². The zero-order chi connectivity index (χ0) is 23.5.